The summed E-state index contributed by atoms with van der Waals surface area (Å²) >= 11 is 0. The lowest BCUT2D eigenvalue weighted by atomic mass is 10.1. The lowest BCUT2D eigenvalue weighted by Gasteiger charge is -2.27. The first-order chi connectivity index (χ1) is 8.52. The molecule has 0 saturated carbocycles. The number of amides is 1. The zero-order chi connectivity index (χ0) is 14.0. The van der Waals surface area contributed by atoms with Crippen LogP contribution in [-0.2, 0) is 9.59 Å². The van der Waals surface area contributed by atoms with Gasteiger partial charge in [-0.05, 0) is 19.4 Å². The van der Waals surface area contributed by atoms with Crippen molar-refractivity contribution in [1.29, 1.82) is 0 Å². The number of aliphatic carboxylic acids is 1. The number of hydrogen-bond acceptors (Lipinski definition) is 3. The molecule has 3 N–H and O–H groups in total. The Morgan fingerprint density at radius 1 is 1.44 bits per heavy atom. The normalized spacial score (nSPS) is 12.3. The second-order valence-electron chi connectivity index (χ2n) is 4.35. The SMILES string of the molecule is C=CCN(CCCCC)C(CCC(N)=O)C(=O)O. The lowest BCUT2D eigenvalue weighted by molar-refractivity contribution is -0.143. The molecule has 0 aliphatic carbocycles. The van der Waals surface area contributed by atoms with Gasteiger partial charge in [-0.3, -0.25) is 14.5 Å². The average Bonchev–Trinajstić information content (AvgIpc) is 2.28. The summed E-state index contributed by atoms with van der Waals surface area (Å²) in [6, 6.07) is -0.660. The van der Waals surface area contributed by atoms with Crippen LogP contribution in [0.3, 0.4) is 0 Å². The van der Waals surface area contributed by atoms with E-state index in [1.54, 1.807) is 6.08 Å². The smallest absolute Gasteiger partial charge is 0.320 e. The molecule has 0 aromatic rings. The van der Waals surface area contributed by atoms with Crippen molar-refractivity contribution in [2.75, 3.05) is 13.1 Å². The highest BCUT2D eigenvalue weighted by molar-refractivity contribution is 5.77. The number of carboxylic acid groups (broad SMARTS) is 1. The zero-order valence-electron chi connectivity index (χ0n) is 11.1. The molecule has 0 aliphatic heterocycles. The molecule has 0 heterocycles. The highest BCUT2D eigenvalue weighted by atomic mass is 16.4. The Morgan fingerprint density at radius 3 is 2.56 bits per heavy atom. The Kier molecular flexibility index (Phi) is 8.92. The second kappa shape index (κ2) is 9.65. The monoisotopic (exact) mass is 256 g/mol. The van der Waals surface area contributed by atoms with Crippen LogP contribution < -0.4 is 5.73 Å². The summed E-state index contributed by atoms with van der Waals surface area (Å²) in [5, 5.41) is 9.21. The van der Waals surface area contributed by atoms with E-state index in [4.69, 9.17) is 5.73 Å². The summed E-state index contributed by atoms with van der Waals surface area (Å²) in [5.74, 6) is -1.37. The fourth-order valence-corrected chi connectivity index (χ4v) is 1.85. The highest BCUT2D eigenvalue weighted by Gasteiger charge is 2.24. The number of carbonyl (C=O) groups excluding carboxylic acids is 1. The van der Waals surface area contributed by atoms with E-state index in [1.807, 2.05) is 4.90 Å². The summed E-state index contributed by atoms with van der Waals surface area (Å²) in [6.07, 6.45) is 5.14. The number of unbranched alkanes of at least 4 members (excludes halogenated alkanes) is 2. The largest absolute Gasteiger partial charge is 0.480 e. The first-order valence-corrected chi connectivity index (χ1v) is 6.39. The van der Waals surface area contributed by atoms with E-state index in [0.29, 0.717) is 13.1 Å². The molecule has 0 spiro atoms. The van der Waals surface area contributed by atoms with Crippen molar-refractivity contribution in [2.45, 2.75) is 45.1 Å². The summed E-state index contributed by atoms with van der Waals surface area (Å²) in [7, 11) is 0. The van der Waals surface area contributed by atoms with Crippen LogP contribution in [0.2, 0.25) is 0 Å². The molecule has 0 bridgehead atoms. The first-order valence-electron chi connectivity index (χ1n) is 6.39. The summed E-state index contributed by atoms with van der Waals surface area (Å²) in [6.45, 7) is 6.95. The molecular formula is C13H24N2O3. The number of nitrogens with two attached hydrogens (primary N) is 1. The van der Waals surface area contributed by atoms with E-state index in [2.05, 4.69) is 13.5 Å². The van der Waals surface area contributed by atoms with Gasteiger partial charge in [-0.15, -0.1) is 6.58 Å². The number of carbonyl (C=O) groups is 2. The minimum atomic E-state index is -0.908. The van der Waals surface area contributed by atoms with E-state index in [0.717, 1.165) is 19.3 Å². The third-order valence-corrected chi connectivity index (χ3v) is 2.80. The fourth-order valence-electron chi connectivity index (χ4n) is 1.85. The van der Waals surface area contributed by atoms with E-state index in [9.17, 15) is 14.7 Å². The molecule has 0 saturated heterocycles. The van der Waals surface area contributed by atoms with E-state index < -0.39 is 17.9 Å². The molecular weight excluding hydrogens is 232 g/mol. The van der Waals surface area contributed by atoms with Crippen molar-refractivity contribution in [3.8, 4) is 0 Å². The Morgan fingerprint density at radius 2 is 2.11 bits per heavy atom. The summed E-state index contributed by atoms with van der Waals surface area (Å²) in [4.78, 5) is 23.8. The van der Waals surface area contributed by atoms with Crippen LogP contribution in [0.15, 0.2) is 12.7 Å². The molecule has 0 aromatic heterocycles. The second-order valence-corrected chi connectivity index (χ2v) is 4.35. The molecule has 1 atom stereocenters. The van der Waals surface area contributed by atoms with Crippen molar-refractivity contribution in [1.82, 2.24) is 4.90 Å². The van der Waals surface area contributed by atoms with Gasteiger partial charge in [0.25, 0.3) is 0 Å². The maximum atomic E-state index is 11.2. The molecule has 18 heavy (non-hydrogen) atoms. The lowest BCUT2D eigenvalue weighted by Crippen LogP contribution is -2.42. The van der Waals surface area contributed by atoms with Gasteiger partial charge in [0.1, 0.15) is 6.04 Å². The van der Waals surface area contributed by atoms with E-state index >= 15 is 0 Å². The van der Waals surface area contributed by atoms with Gasteiger partial charge < -0.3 is 10.8 Å². The molecule has 1 unspecified atom stereocenters. The minimum Gasteiger partial charge on any atom is -0.480 e. The molecule has 0 radical (unpaired) electrons. The Bertz CT molecular complexity index is 279. The van der Waals surface area contributed by atoms with Gasteiger partial charge in [0.2, 0.25) is 5.91 Å². The van der Waals surface area contributed by atoms with Crippen LogP contribution in [0.5, 0.6) is 0 Å². The molecule has 5 nitrogen and oxygen atoms in total. The van der Waals surface area contributed by atoms with Crippen molar-refractivity contribution in [3.05, 3.63) is 12.7 Å². The molecule has 0 aromatic carbocycles. The Hall–Kier alpha value is -1.36. The van der Waals surface area contributed by atoms with Gasteiger partial charge in [0.05, 0.1) is 0 Å². The van der Waals surface area contributed by atoms with Gasteiger partial charge in [-0.1, -0.05) is 25.8 Å². The zero-order valence-corrected chi connectivity index (χ0v) is 11.1. The number of nitrogens with zero attached hydrogens (tertiary/aromatic N) is 1. The van der Waals surface area contributed by atoms with Gasteiger partial charge >= 0.3 is 5.97 Å². The Labute approximate surface area is 109 Å². The van der Waals surface area contributed by atoms with Gasteiger partial charge in [-0.25, -0.2) is 0 Å². The van der Waals surface area contributed by atoms with Gasteiger partial charge in [0, 0.05) is 13.0 Å². The van der Waals surface area contributed by atoms with Crippen LogP contribution in [-0.4, -0.2) is 41.0 Å². The predicted molar refractivity (Wildman–Crippen MR) is 71.1 cm³/mol. The predicted octanol–water partition coefficient (Wildman–Crippen LogP) is 1.38. The fraction of sp³-hybridized carbons (Fsp3) is 0.692. The van der Waals surface area contributed by atoms with Crippen molar-refractivity contribution in [2.24, 2.45) is 5.73 Å². The number of rotatable bonds is 11. The quantitative estimate of drug-likeness (QED) is 0.432. The summed E-state index contributed by atoms with van der Waals surface area (Å²) in [5.41, 5.74) is 5.07. The minimum absolute atomic E-state index is 0.0956. The average molecular weight is 256 g/mol. The maximum absolute atomic E-state index is 11.2. The number of carboxylic acids is 1. The Balaban J connectivity index is 4.48. The van der Waals surface area contributed by atoms with E-state index in [1.165, 1.54) is 0 Å². The number of primary amides is 1. The molecule has 1 amide bonds. The molecule has 0 fully saturated rings. The van der Waals surface area contributed by atoms with Crippen LogP contribution in [0.1, 0.15) is 39.0 Å². The standard InChI is InChI=1S/C13H24N2O3/c1-3-5-6-10-15(9-4-2)11(13(17)18)7-8-12(14)16/h4,11H,2-3,5-10H2,1H3,(H2,14,16)(H,17,18). The molecule has 0 aliphatic rings. The van der Waals surface area contributed by atoms with Crippen LogP contribution >= 0.6 is 0 Å². The third kappa shape index (κ3) is 7.06. The highest BCUT2D eigenvalue weighted by Crippen LogP contribution is 2.10. The van der Waals surface area contributed by atoms with Crippen molar-refractivity contribution >= 4 is 11.9 Å². The van der Waals surface area contributed by atoms with Crippen LogP contribution in [0, 0.1) is 0 Å². The topological polar surface area (TPSA) is 83.6 Å². The van der Waals surface area contributed by atoms with Crippen LogP contribution in [0.4, 0.5) is 0 Å². The van der Waals surface area contributed by atoms with E-state index in [-0.39, 0.29) is 12.8 Å². The number of hydrogen-bond donors (Lipinski definition) is 2. The summed E-state index contributed by atoms with van der Waals surface area (Å²) < 4.78 is 0. The van der Waals surface area contributed by atoms with Gasteiger partial charge in [-0.2, -0.15) is 0 Å². The molecule has 104 valence electrons. The van der Waals surface area contributed by atoms with Crippen molar-refractivity contribution in [3.63, 3.8) is 0 Å². The van der Waals surface area contributed by atoms with Crippen LogP contribution in [0.25, 0.3) is 0 Å². The molecule has 0 rings (SSSR count). The van der Waals surface area contributed by atoms with Crippen molar-refractivity contribution < 1.29 is 14.7 Å². The first kappa shape index (κ1) is 16.6. The third-order valence-electron chi connectivity index (χ3n) is 2.80. The molecule has 5 heteroatoms. The maximum Gasteiger partial charge on any atom is 0.320 e. The van der Waals surface area contributed by atoms with Gasteiger partial charge in [0.15, 0.2) is 0 Å².